The Morgan fingerprint density at radius 1 is 1.00 bits per heavy atom. The molecular weight excluding hydrogens is 462 g/mol. The molecule has 0 aliphatic rings. The Morgan fingerprint density at radius 2 is 1.74 bits per heavy atom. The van der Waals surface area contributed by atoms with E-state index in [2.05, 4.69) is 25.8 Å². The molecular formula is C26H25N5O3S. The molecule has 0 saturated carbocycles. The first-order valence-corrected chi connectivity index (χ1v) is 11.9. The van der Waals surface area contributed by atoms with Crippen LogP contribution in [0.25, 0.3) is 11.4 Å². The normalized spacial score (nSPS) is 10.6. The molecule has 4 aromatic rings. The molecule has 0 radical (unpaired) electrons. The van der Waals surface area contributed by atoms with E-state index in [0.717, 1.165) is 22.4 Å². The van der Waals surface area contributed by atoms with Gasteiger partial charge < -0.3 is 15.4 Å². The Hall–Kier alpha value is -4.11. The van der Waals surface area contributed by atoms with Crippen molar-refractivity contribution in [1.29, 1.82) is 0 Å². The first kappa shape index (κ1) is 24.0. The summed E-state index contributed by atoms with van der Waals surface area (Å²) in [4.78, 5) is 29.8. The van der Waals surface area contributed by atoms with Crippen molar-refractivity contribution in [2.24, 2.45) is 0 Å². The number of carbonyl (C=O) groups is 2. The second-order valence-electron chi connectivity index (χ2n) is 7.75. The number of hydrogen-bond acceptors (Lipinski definition) is 6. The van der Waals surface area contributed by atoms with E-state index in [0.29, 0.717) is 28.8 Å². The van der Waals surface area contributed by atoms with Crippen LogP contribution >= 0.6 is 11.8 Å². The molecule has 0 aliphatic carbocycles. The first-order valence-electron chi connectivity index (χ1n) is 10.9. The minimum absolute atomic E-state index is 0.0965. The highest BCUT2D eigenvalue weighted by Crippen LogP contribution is 2.22. The minimum atomic E-state index is -0.260. The quantitative estimate of drug-likeness (QED) is 0.301. The third kappa shape index (κ3) is 6.48. The van der Waals surface area contributed by atoms with Crippen LogP contribution in [0.1, 0.15) is 21.5 Å². The number of methoxy groups -OCH3 is 1. The Balaban J connectivity index is 1.32. The highest BCUT2D eigenvalue weighted by Gasteiger charge is 2.14. The average Bonchev–Trinajstić information content (AvgIpc) is 3.36. The van der Waals surface area contributed by atoms with Crippen molar-refractivity contribution in [3.05, 3.63) is 89.5 Å². The van der Waals surface area contributed by atoms with Crippen LogP contribution < -0.4 is 15.4 Å². The number of aryl methyl sites for hydroxylation is 1. The molecule has 178 valence electrons. The van der Waals surface area contributed by atoms with Crippen molar-refractivity contribution in [3.8, 4) is 17.1 Å². The van der Waals surface area contributed by atoms with Gasteiger partial charge in [-0.2, -0.15) is 0 Å². The second kappa shape index (κ2) is 11.3. The maximum absolute atomic E-state index is 12.7. The molecule has 0 saturated heterocycles. The number of anilines is 1. The Kier molecular flexibility index (Phi) is 7.79. The highest BCUT2D eigenvalue weighted by molar-refractivity contribution is 7.99. The predicted octanol–water partition coefficient (Wildman–Crippen LogP) is 4.45. The van der Waals surface area contributed by atoms with Crippen molar-refractivity contribution >= 4 is 29.3 Å². The van der Waals surface area contributed by atoms with Crippen LogP contribution in [0.15, 0.2) is 78.0 Å². The van der Waals surface area contributed by atoms with Crippen LogP contribution in [-0.2, 0) is 11.3 Å². The molecule has 3 aromatic carbocycles. The second-order valence-corrected chi connectivity index (χ2v) is 8.69. The fourth-order valence-corrected chi connectivity index (χ4v) is 3.88. The molecule has 0 fully saturated rings. The van der Waals surface area contributed by atoms with Crippen LogP contribution in [0.5, 0.6) is 5.75 Å². The van der Waals surface area contributed by atoms with Gasteiger partial charge in [0.05, 0.1) is 24.1 Å². The molecule has 1 aromatic heterocycles. The van der Waals surface area contributed by atoms with Gasteiger partial charge in [-0.3, -0.25) is 14.7 Å². The SMILES string of the molecule is COc1ccc(-c2nc(SCC(=O)Nc3ccccc3C(=O)NCc3ccc(C)cc3)n[nH]2)cc1. The number of carbonyl (C=O) groups excluding carboxylic acids is 2. The van der Waals surface area contributed by atoms with Gasteiger partial charge in [0.2, 0.25) is 11.1 Å². The number of nitrogens with one attached hydrogen (secondary N) is 3. The van der Waals surface area contributed by atoms with Gasteiger partial charge in [-0.1, -0.05) is 53.7 Å². The zero-order chi connectivity index (χ0) is 24.6. The first-order chi connectivity index (χ1) is 17.0. The van der Waals surface area contributed by atoms with E-state index in [-0.39, 0.29) is 17.6 Å². The Morgan fingerprint density at radius 3 is 2.49 bits per heavy atom. The summed E-state index contributed by atoms with van der Waals surface area (Å²) >= 11 is 1.20. The number of amides is 2. The molecule has 0 aliphatic heterocycles. The zero-order valence-electron chi connectivity index (χ0n) is 19.4. The van der Waals surface area contributed by atoms with Crippen LogP contribution in [0.2, 0.25) is 0 Å². The van der Waals surface area contributed by atoms with E-state index in [1.54, 1.807) is 31.4 Å². The lowest BCUT2D eigenvalue weighted by Crippen LogP contribution is -2.25. The minimum Gasteiger partial charge on any atom is -0.497 e. The summed E-state index contributed by atoms with van der Waals surface area (Å²) in [6.45, 7) is 2.42. The number of ether oxygens (including phenoxy) is 1. The van der Waals surface area contributed by atoms with Gasteiger partial charge in [0.1, 0.15) is 5.75 Å². The summed E-state index contributed by atoms with van der Waals surface area (Å²) in [7, 11) is 1.61. The molecule has 1 heterocycles. The van der Waals surface area contributed by atoms with Crippen LogP contribution in [-0.4, -0.2) is 39.9 Å². The van der Waals surface area contributed by atoms with Crippen molar-refractivity contribution in [1.82, 2.24) is 20.5 Å². The van der Waals surface area contributed by atoms with Crippen LogP contribution in [0.3, 0.4) is 0 Å². The van der Waals surface area contributed by atoms with Crippen molar-refractivity contribution < 1.29 is 14.3 Å². The molecule has 0 bridgehead atoms. The van der Waals surface area contributed by atoms with E-state index in [1.165, 1.54) is 11.8 Å². The van der Waals surface area contributed by atoms with E-state index >= 15 is 0 Å². The van der Waals surface area contributed by atoms with Gasteiger partial charge in [-0.05, 0) is 48.9 Å². The van der Waals surface area contributed by atoms with Crippen molar-refractivity contribution in [3.63, 3.8) is 0 Å². The van der Waals surface area contributed by atoms with Crippen molar-refractivity contribution in [2.45, 2.75) is 18.6 Å². The number of benzene rings is 3. The Bertz CT molecular complexity index is 1300. The molecule has 0 unspecified atom stereocenters. The summed E-state index contributed by atoms with van der Waals surface area (Å²) in [5, 5.41) is 13.2. The smallest absolute Gasteiger partial charge is 0.253 e. The van der Waals surface area contributed by atoms with E-state index in [1.807, 2.05) is 55.5 Å². The largest absolute Gasteiger partial charge is 0.497 e. The number of H-pyrrole nitrogens is 1. The summed E-state index contributed by atoms with van der Waals surface area (Å²) in [6.07, 6.45) is 0. The maximum Gasteiger partial charge on any atom is 0.253 e. The molecule has 3 N–H and O–H groups in total. The lowest BCUT2D eigenvalue weighted by atomic mass is 10.1. The topological polar surface area (TPSA) is 109 Å². The fraction of sp³-hybridized carbons (Fsp3) is 0.154. The van der Waals surface area contributed by atoms with Crippen molar-refractivity contribution in [2.75, 3.05) is 18.2 Å². The van der Waals surface area contributed by atoms with Gasteiger partial charge in [0, 0.05) is 12.1 Å². The number of rotatable bonds is 9. The molecule has 4 rings (SSSR count). The maximum atomic E-state index is 12.7. The van der Waals surface area contributed by atoms with E-state index in [9.17, 15) is 9.59 Å². The summed E-state index contributed by atoms with van der Waals surface area (Å²) in [6, 6.07) is 22.3. The molecule has 9 heteroatoms. The monoisotopic (exact) mass is 487 g/mol. The number of thioether (sulfide) groups is 1. The molecule has 2 amide bonds. The van der Waals surface area contributed by atoms with E-state index in [4.69, 9.17) is 4.74 Å². The van der Waals surface area contributed by atoms with Crippen LogP contribution in [0, 0.1) is 6.92 Å². The summed E-state index contributed by atoms with van der Waals surface area (Å²) in [5.74, 6) is 0.936. The summed E-state index contributed by atoms with van der Waals surface area (Å²) in [5.41, 5.74) is 3.88. The summed E-state index contributed by atoms with van der Waals surface area (Å²) < 4.78 is 5.16. The lowest BCUT2D eigenvalue weighted by molar-refractivity contribution is -0.113. The fourth-order valence-electron chi connectivity index (χ4n) is 3.28. The standard InChI is InChI=1S/C26H25N5O3S/c1-17-7-9-18(10-8-17)15-27-25(33)21-5-3-4-6-22(21)28-23(32)16-35-26-29-24(30-31-26)19-11-13-20(34-2)14-12-19/h3-14H,15-16H2,1-2H3,(H,27,33)(H,28,32)(H,29,30,31). The van der Waals surface area contributed by atoms with Gasteiger partial charge in [-0.15, -0.1) is 5.10 Å². The number of aromatic amines is 1. The third-order valence-corrected chi connectivity index (χ3v) is 6.03. The average molecular weight is 488 g/mol. The van der Waals surface area contributed by atoms with Gasteiger partial charge in [0.15, 0.2) is 5.82 Å². The third-order valence-electron chi connectivity index (χ3n) is 5.18. The molecule has 35 heavy (non-hydrogen) atoms. The van der Waals surface area contributed by atoms with Gasteiger partial charge >= 0.3 is 0 Å². The molecule has 0 spiro atoms. The van der Waals surface area contributed by atoms with E-state index < -0.39 is 0 Å². The Labute approximate surface area is 207 Å². The molecule has 8 nitrogen and oxygen atoms in total. The number of hydrogen-bond donors (Lipinski definition) is 3. The van der Waals surface area contributed by atoms with Gasteiger partial charge in [0.25, 0.3) is 5.91 Å². The number of para-hydroxylation sites is 1. The predicted molar refractivity (Wildman–Crippen MR) is 137 cm³/mol. The van der Waals surface area contributed by atoms with Crippen LogP contribution in [0.4, 0.5) is 5.69 Å². The highest BCUT2D eigenvalue weighted by atomic mass is 32.2. The lowest BCUT2D eigenvalue weighted by Gasteiger charge is -2.11. The van der Waals surface area contributed by atoms with Gasteiger partial charge in [-0.25, -0.2) is 4.98 Å². The number of nitrogens with zero attached hydrogens (tertiary/aromatic N) is 2. The number of aromatic nitrogens is 3. The molecule has 0 atom stereocenters. The zero-order valence-corrected chi connectivity index (χ0v) is 20.2.